The summed E-state index contributed by atoms with van der Waals surface area (Å²) in [7, 11) is 1.50. The van der Waals surface area contributed by atoms with Crippen LogP contribution in [0.25, 0.3) is 0 Å². The Morgan fingerprint density at radius 3 is 2.62 bits per heavy atom. The van der Waals surface area contributed by atoms with Crippen molar-refractivity contribution in [1.82, 2.24) is 0 Å². The van der Waals surface area contributed by atoms with Gasteiger partial charge in [0.15, 0.2) is 11.5 Å². The van der Waals surface area contributed by atoms with Crippen molar-refractivity contribution in [3.05, 3.63) is 42.0 Å². The van der Waals surface area contributed by atoms with Gasteiger partial charge in [-0.2, -0.15) is 0 Å². The zero-order valence-corrected chi connectivity index (χ0v) is 11.2. The molecule has 0 saturated heterocycles. The molecule has 0 amide bonds. The Labute approximate surface area is 120 Å². The minimum Gasteiger partial charge on any atom is -0.497 e. The normalized spacial score (nSPS) is 12.0. The van der Waals surface area contributed by atoms with Gasteiger partial charge < -0.3 is 24.1 Å². The lowest BCUT2D eigenvalue weighted by atomic mass is 10.2. The van der Waals surface area contributed by atoms with E-state index < -0.39 is 5.97 Å². The van der Waals surface area contributed by atoms with E-state index in [1.807, 2.05) is 0 Å². The van der Waals surface area contributed by atoms with Crippen LogP contribution >= 0.6 is 0 Å². The summed E-state index contributed by atoms with van der Waals surface area (Å²) in [5, 5.41) is 9.20. The van der Waals surface area contributed by atoms with Gasteiger partial charge in [0.1, 0.15) is 22.8 Å². The molecule has 6 heteroatoms. The van der Waals surface area contributed by atoms with Gasteiger partial charge >= 0.3 is 5.97 Å². The second-order valence-electron chi connectivity index (χ2n) is 4.28. The van der Waals surface area contributed by atoms with Crippen LogP contribution in [0.4, 0.5) is 0 Å². The second-order valence-corrected chi connectivity index (χ2v) is 4.28. The van der Waals surface area contributed by atoms with E-state index in [4.69, 9.17) is 18.9 Å². The molecule has 0 bridgehead atoms. The van der Waals surface area contributed by atoms with Crippen molar-refractivity contribution in [3.63, 3.8) is 0 Å². The third-order valence-corrected chi connectivity index (χ3v) is 2.99. The molecule has 3 rings (SSSR count). The van der Waals surface area contributed by atoms with E-state index in [2.05, 4.69) is 0 Å². The molecule has 0 saturated carbocycles. The van der Waals surface area contributed by atoms with Gasteiger partial charge in [0.05, 0.1) is 7.11 Å². The summed E-state index contributed by atoms with van der Waals surface area (Å²) in [5.74, 6) is 1.28. The van der Waals surface area contributed by atoms with Gasteiger partial charge in [0.2, 0.25) is 6.79 Å². The van der Waals surface area contributed by atoms with Crippen LogP contribution in [0.15, 0.2) is 36.4 Å². The lowest BCUT2D eigenvalue weighted by molar-refractivity contribution is 0.0694. The number of ether oxygens (including phenoxy) is 4. The number of hydrogen-bond acceptors (Lipinski definition) is 5. The molecule has 0 aromatic heterocycles. The maximum absolute atomic E-state index is 11.2. The highest BCUT2D eigenvalue weighted by Crippen LogP contribution is 2.37. The summed E-state index contributed by atoms with van der Waals surface area (Å²) in [6.07, 6.45) is 0. The molecular weight excluding hydrogens is 276 g/mol. The first-order chi connectivity index (χ1) is 10.2. The Morgan fingerprint density at radius 2 is 1.86 bits per heavy atom. The molecule has 1 aliphatic rings. The molecule has 0 radical (unpaired) electrons. The minimum absolute atomic E-state index is 0.0495. The van der Waals surface area contributed by atoms with Crippen LogP contribution < -0.4 is 18.9 Å². The minimum atomic E-state index is -1.08. The number of benzene rings is 2. The standard InChI is InChI=1S/C15H12O6/c1-18-9-2-4-11(15(16)17)13(6-9)21-10-3-5-12-14(7-10)20-8-19-12/h2-7H,8H2,1H3,(H,16,17). The van der Waals surface area contributed by atoms with Crippen LogP contribution in [-0.2, 0) is 0 Å². The average Bonchev–Trinajstić information content (AvgIpc) is 2.94. The zero-order valence-electron chi connectivity index (χ0n) is 11.2. The summed E-state index contributed by atoms with van der Waals surface area (Å²) in [6, 6.07) is 9.55. The molecular formula is C15H12O6. The highest BCUT2D eigenvalue weighted by Gasteiger charge is 2.17. The van der Waals surface area contributed by atoms with E-state index in [0.717, 1.165) is 0 Å². The molecule has 6 nitrogen and oxygen atoms in total. The van der Waals surface area contributed by atoms with E-state index in [0.29, 0.717) is 23.0 Å². The van der Waals surface area contributed by atoms with Gasteiger partial charge in [-0.3, -0.25) is 0 Å². The van der Waals surface area contributed by atoms with Crippen LogP contribution in [0.2, 0.25) is 0 Å². The molecule has 0 fully saturated rings. The van der Waals surface area contributed by atoms with E-state index in [-0.39, 0.29) is 18.1 Å². The Morgan fingerprint density at radius 1 is 1.10 bits per heavy atom. The number of carboxylic acids is 1. The first kappa shape index (κ1) is 13.1. The summed E-state index contributed by atoms with van der Waals surface area (Å²) >= 11 is 0. The number of aromatic carboxylic acids is 1. The number of carboxylic acid groups (broad SMARTS) is 1. The molecule has 2 aromatic rings. The lowest BCUT2D eigenvalue weighted by Gasteiger charge is -2.10. The fraction of sp³-hybridized carbons (Fsp3) is 0.133. The van der Waals surface area contributed by atoms with Gasteiger partial charge in [-0.25, -0.2) is 4.79 Å². The molecule has 0 atom stereocenters. The molecule has 1 N–H and O–H groups in total. The highest BCUT2D eigenvalue weighted by atomic mass is 16.7. The van der Waals surface area contributed by atoms with Crippen molar-refractivity contribution in [2.75, 3.05) is 13.9 Å². The van der Waals surface area contributed by atoms with Crippen LogP contribution in [0.1, 0.15) is 10.4 Å². The van der Waals surface area contributed by atoms with Gasteiger partial charge in [-0.1, -0.05) is 0 Å². The predicted octanol–water partition coefficient (Wildman–Crippen LogP) is 2.91. The molecule has 0 aliphatic carbocycles. The summed E-state index contributed by atoms with van der Waals surface area (Å²) in [4.78, 5) is 11.2. The van der Waals surface area contributed by atoms with Crippen molar-refractivity contribution in [1.29, 1.82) is 0 Å². The lowest BCUT2D eigenvalue weighted by Crippen LogP contribution is -2.00. The van der Waals surface area contributed by atoms with Crippen LogP contribution in [0.3, 0.4) is 0 Å². The number of hydrogen-bond donors (Lipinski definition) is 1. The summed E-state index contributed by atoms with van der Waals surface area (Å²) in [6.45, 7) is 0.165. The third-order valence-electron chi connectivity index (χ3n) is 2.99. The van der Waals surface area contributed by atoms with E-state index >= 15 is 0 Å². The second kappa shape index (κ2) is 5.24. The Hall–Kier alpha value is -2.89. The number of fused-ring (bicyclic) bond motifs is 1. The van der Waals surface area contributed by atoms with Gasteiger partial charge in [-0.05, 0) is 24.3 Å². The molecule has 21 heavy (non-hydrogen) atoms. The molecule has 108 valence electrons. The van der Waals surface area contributed by atoms with Crippen molar-refractivity contribution in [2.24, 2.45) is 0 Å². The quantitative estimate of drug-likeness (QED) is 0.932. The summed E-state index contributed by atoms with van der Waals surface area (Å²) < 4.78 is 21.2. The Balaban J connectivity index is 1.95. The first-order valence-electron chi connectivity index (χ1n) is 6.16. The van der Waals surface area contributed by atoms with Crippen molar-refractivity contribution in [3.8, 4) is 28.7 Å². The molecule has 0 spiro atoms. The highest BCUT2D eigenvalue weighted by molar-refractivity contribution is 5.91. The Bertz CT molecular complexity index is 695. The molecule has 2 aromatic carbocycles. The van der Waals surface area contributed by atoms with Crippen molar-refractivity contribution in [2.45, 2.75) is 0 Å². The largest absolute Gasteiger partial charge is 0.497 e. The monoisotopic (exact) mass is 288 g/mol. The number of rotatable bonds is 4. The molecule has 0 unspecified atom stereocenters. The first-order valence-corrected chi connectivity index (χ1v) is 6.16. The maximum atomic E-state index is 11.2. The SMILES string of the molecule is COc1ccc(C(=O)O)c(Oc2ccc3c(c2)OCO3)c1. The zero-order chi connectivity index (χ0) is 14.8. The summed E-state index contributed by atoms with van der Waals surface area (Å²) in [5.41, 5.74) is 0.0495. The van der Waals surface area contributed by atoms with E-state index in [1.165, 1.54) is 19.2 Å². The number of methoxy groups -OCH3 is 1. The molecule has 1 heterocycles. The molecule has 1 aliphatic heterocycles. The van der Waals surface area contributed by atoms with Gasteiger partial charge in [-0.15, -0.1) is 0 Å². The van der Waals surface area contributed by atoms with E-state index in [9.17, 15) is 9.90 Å². The van der Waals surface area contributed by atoms with Crippen molar-refractivity contribution < 1.29 is 28.8 Å². The third kappa shape index (κ3) is 2.55. The average molecular weight is 288 g/mol. The topological polar surface area (TPSA) is 74.2 Å². The Kier molecular flexibility index (Phi) is 3.27. The fourth-order valence-electron chi connectivity index (χ4n) is 1.96. The van der Waals surface area contributed by atoms with Gasteiger partial charge in [0, 0.05) is 12.1 Å². The van der Waals surface area contributed by atoms with Crippen LogP contribution in [-0.4, -0.2) is 25.0 Å². The van der Waals surface area contributed by atoms with Crippen LogP contribution in [0.5, 0.6) is 28.7 Å². The number of carbonyl (C=O) groups is 1. The van der Waals surface area contributed by atoms with E-state index in [1.54, 1.807) is 24.3 Å². The maximum Gasteiger partial charge on any atom is 0.339 e. The van der Waals surface area contributed by atoms with Gasteiger partial charge in [0.25, 0.3) is 0 Å². The fourth-order valence-corrected chi connectivity index (χ4v) is 1.96. The van der Waals surface area contributed by atoms with Crippen molar-refractivity contribution >= 4 is 5.97 Å². The smallest absolute Gasteiger partial charge is 0.339 e. The van der Waals surface area contributed by atoms with Crippen LogP contribution in [0, 0.1) is 0 Å². The predicted molar refractivity (Wildman–Crippen MR) is 72.6 cm³/mol.